The van der Waals surface area contributed by atoms with Crippen LogP contribution in [-0.4, -0.2) is 15.9 Å². The first-order valence-corrected chi connectivity index (χ1v) is 8.71. The number of amides is 1. The second-order valence-corrected chi connectivity index (χ2v) is 6.39. The van der Waals surface area contributed by atoms with Crippen molar-refractivity contribution in [3.05, 3.63) is 65.0 Å². The van der Waals surface area contributed by atoms with E-state index in [1.807, 2.05) is 0 Å². The van der Waals surface area contributed by atoms with E-state index in [0.717, 1.165) is 17.6 Å². The van der Waals surface area contributed by atoms with Gasteiger partial charge in [-0.15, -0.1) is 0 Å². The van der Waals surface area contributed by atoms with E-state index in [9.17, 15) is 13.6 Å². The number of carbonyl (C=O) groups is 1. The summed E-state index contributed by atoms with van der Waals surface area (Å²) in [5.41, 5.74) is 1.95. The highest BCUT2D eigenvalue weighted by Crippen LogP contribution is 2.25. The molecule has 0 aliphatic carbocycles. The van der Waals surface area contributed by atoms with Gasteiger partial charge in [-0.05, 0) is 36.5 Å². The molecule has 0 unspecified atom stereocenters. The van der Waals surface area contributed by atoms with Crippen LogP contribution in [0.5, 0.6) is 0 Å². The van der Waals surface area contributed by atoms with Crippen LogP contribution >= 0.6 is 12.2 Å². The van der Waals surface area contributed by atoms with Gasteiger partial charge in [0.2, 0.25) is 5.91 Å². The second kappa shape index (κ2) is 7.35. The van der Waals surface area contributed by atoms with E-state index >= 15 is 0 Å². The average Bonchev–Trinajstić information content (AvgIpc) is 3.25. The Morgan fingerprint density at radius 1 is 1.18 bits per heavy atom. The molecule has 0 aliphatic heterocycles. The van der Waals surface area contributed by atoms with Crippen LogP contribution in [0.1, 0.15) is 12.3 Å². The minimum absolute atomic E-state index is 0.106. The number of aryl methyl sites for hydroxylation is 1. The van der Waals surface area contributed by atoms with Gasteiger partial charge in [0, 0.05) is 30.7 Å². The number of hydrogen-bond acceptors (Lipinski definition) is 5. The number of hydrogen-bond donors (Lipinski definition) is 2. The van der Waals surface area contributed by atoms with Gasteiger partial charge in [0.25, 0.3) is 4.84 Å². The Bertz CT molecular complexity index is 1230. The molecule has 0 fully saturated rings. The van der Waals surface area contributed by atoms with Crippen LogP contribution in [0.25, 0.3) is 22.4 Å². The Labute approximate surface area is 162 Å². The molecule has 0 spiro atoms. The summed E-state index contributed by atoms with van der Waals surface area (Å²) in [7, 11) is 0. The van der Waals surface area contributed by atoms with Crippen LogP contribution in [0, 0.1) is 16.5 Å². The summed E-state index contributed by atoms with van der Waals surface area (Å²) < 4.78 is 37.6. The van der Waals surface area contributed by atoms with Gasteiger partial charge >= 0.3 is 0 Å². The number of nitrogens with zero attached hydrogens (tertiary/aromatic N) is 1. The highest BCUT2D eigenvalue weighted by atomic mass is 32.1. The van der Waals surface area contributed by atoms with Crippen molar-refractivity contribution in [2.24, 2.45) is 0 Å². The van der Waals surface area contributed by atoms with Gasteiger partial charge in [0.15, 0.2) is 17.2 Å². The lowest BCUT2D eigenvalue weighted by Crippen LogP contribution is -2.12. The third-order valence-corrected chi connectivity index (χ3v) is 4.21. The number of aromatic amines is 1. The highest BCUT2D eigenvalue weighted by Gasteiger charge is 2.13. The van der Waals surface area contributed by atoms with E-state index < -0.39 is 11.6 Å². The summed E-state index contributed by atoms with van der Waals surface area (Å²) in [5.74, 6) is -1.21. The molecular weight excluding hydrogens is 388 g/mol. The maximum Gasteiger partial charge on any atom is 0.266 e. The predicted molar refractivity (Wildman–Crippen MR) is 100 cm³/mol. The number of fused-ring (bicyclic) bond motifs is 1. The maximum absolute atomic E-state index is 13.8. The number of rotatable bonds is 5. The molecule has 0 saturated carbocycles. The Morgan fingerprint density at radius 3 is 2.86 bits per heavy atom. The Balaban J connectivity index is 1.39. The van der Waals surface area contributed by atoms with Gasteiger partial charge in [0.05, 0.1) is 17.3 Å². The van der Waals surface area contributed by atoms with Gasteiger partial charge in [-0.1, -0.05) is 0 Å². The van der Waals surface area contributed by atoms with Gasteiger partial charge in [-0.3, -0.25) is 4.79 Å². The first kappa shape index (κ1) is 18.1. The highest BCUT2D eigenvalue weighted by molar-refractivity contribution is 7.71. The molecule has 0 radical (unpaired) electrons. The zero-order valence-electron chi connectivity index (χ0n) is 14.3. The monoisotopic (exact) mass is 401 g/mol. The van der Waals surface area contributed by atoms with Crippen LogP contribution in [0.15, 0.2) is 51.4 Å². The van der Waals surface area contributed by atoms with E-state index in [2.05, 4.69) is 15.3 Å². The molecule has 9 heteroatoms. The van der Waals surface area contributed by atoms with Crippen molar-refractivity contribution < 1.29 is 22.4 Å². The van der Waals surface area contributed by atoms with E-state index in [1.54, 1.807) is 18.2 Å². The van der Waals surface area contributed by atoms with E-state index in [1.165, 1.54) is 12.3 Å². The molecule has 2 heterocycles. The van der Waals surface area contributed by atoms with E-state index in [0.29, 0.717) is 11.3 Å². The molecule has 0 atom stereocenters. The fraction of sp³-hybridized carbons (Fsp3) is 0.105. The van der Waals surface area contributed by atoms with Crippen LogP contribution in [0.4, 0.5) is 14.5 Å². The largest absolute Gasteiger partial charge is 0.441 e. The third-order valence-electron chi connectivity index (χ3n) is 4.02. The number of aromatic nitrogens is 2. The number of carbonyl (C=O) groups excluding carboxylic acids is 1. The molecule has 0 bridgehead atoms. The molecule has 4 aromatic rings. The van der Waals surface area contributed by atoms with Crippen molar-refractivity contribution in [2.45, 2.75) is 12.8 Å². The summed E-state index contributed by atoms with van der Waals surface area (Å²) in [6, 6.07) is 8.33. The standard InChI is InChI=1S/C19H13F2N3O3S/c20-10-1-3-12(13(21)7-10)16-9-22-18(26-16)6-5-17(25)23-11-2-4-14-15(8-11)27-19(28)24-14/h1-4,7-9H,5-6H2,(H,23,25)(H,24,28). The quantitative estimate of drug-likeness (QED) is 0.460. The molecule has 2 aromatic carbocycles. The molecular formula is C19H13F2N3O3S. The summed E-state index contributed by atoms with van der Waals surface area (Å²) >= 11 is 4.92. The number of H-pyrrole nitrogens is 1. The van der Waals surface area contributed by atoms with Crippen LogP contribution in [-0.2, 0) is 11.2 Å². The number of oxazole rings is 2. The molecule has 1 amide bonds. The lowest BCUT2D eigenvalue weighted by atomic mass is 10.2. The van der Waals surface area contributed by atoms with Crippen molar-refractivity contribution in [1.29, 1.82) is 0 Å². The van der Waals surface area contributed by atoms with Gasteiger partial charge in [-0.2, -0.15) is 0 Å². The van der Waals surface area contributed by atoms with Crippen molar-refractivity contribution in [2.75, 3.05) is 5.32 Å². The molecule has 142 valence electrons. The normalized spacial score (nSPS) is 11.1. The number of benzene rings is 2. The Hall–Kier alpha value is -3.33. The molecule has 0 saturated heterocycles. The summed E-state index contributed by atoms with van der Waals surface area (Å²) in [4.78, 5) is 19.3. The molecule has 28 heavy (non-hydrogen) atoms. The van der Waals surface area contributed by atoms with Crippen molar-refractivity contribution in [1.82, 2.24) is 9.97 Å². The number of nitrogens with one attached hydrogen (secondary N) is 2. The smallest absolute Gasteiger partial charge is 0.266 e. The number of halogens is 2. The number of anilines is 1. The van der Waals surface area contributed by atoms with Gasteiger partial charge in [-0.25, -0.2) is 13.8 Å². The van der Waals surface area contributed by atoms with Crippen molar-refractivity contribution in [3.63, 3.8) is 0 Å². The van der Waals surface area contributed by atoms with E-state index in [-0.39, 0.29) is 40.8 Å². The predicted octanol–water partition coefficient (Wildman–Crippen LogP) is 4.99. The van der Waals surface area contributed by atoms with Gasteiger partial charge < -0.3 is 19.1 Å². The topological polar surface area (TPSA) is 84.1 Å². The lowest BCUT2D eigenvalue weighted by molar-refractivity contribution is -0.116. The van der Waals surface area contributed by atoms with Crippen LogP contribution < -0.4 is 5.32 Å². The van der Waals surface area contributed by atoms with Crippen molar-refractivity contribution in [3.8, 4) is 11.3 Å². The summed E-state index contributed by atoms with van der Waals surface area (Å²) in [6.07, 6.45) is 1.68. The SMILES string of the molecule is O=C(CCc1ncc(-c2ccc(F)cc2F)o1)Nc1ccc2[nH]c(=S)oc2c1. The zero-order chi connectivity index (χ0) is 19.7. The van der Waals surface area contributed by atoms with Gasteiger partial charge in [0.1, 0.15) is 11.6 Å². The lowest BCUT2D eigenvalue weighted by Gasteiger charge is -2.04. The fourth-order valence-corrected chi connectivity index (χ4v) is 2.91. The second-order valence-electron chi connectivity index (χ2n) is 6.02. The van der Waals surface area contributed by atoms with E-state index in [4.69, 9.17) is 21.1 Å². The maximum atomic E-state index is 13.8. The van der Waals surface area contributed by atoms with Crippen LogP contribution in [0.2, 0.25) is 0 Å². The minimum atomic E-state index is -0.742. The van der Waals surface area contributed by atoms with Crippen LogP contribution in [0.3, 0.4) is 0 Å². The molecule has 2 aromatic heterocycles. The molecule has 0 aliphatic rings. The zero-order valence-corrected chi connectivity index (χ0v) is 15.1. The molecule has 4 rings (SSSR count). The summed E-state index contributed by atoms with van der Waals surface area (Å²) in [6.45, 7) is 0. The molecule has 2 N–H and O–H groups in total. The minimum Gasteiger partial charge on any atom is -0.441 e. The third kappa shape index (κ3) is 3.84. The Morgan fingerprint density at radius 2 is 2.04 bits per heavy atom. The average molecular weight is 401 g/mol. The summed E-state index contributed by atoms with van der Waals surface area (Å²) in [5, 5.41) is 2.75. The fourth-order valence-electron chi connectivity index (χ4n) is 2.71. The Kier molecular flexibility index (Phi) is 4.74. The first-order valence-electron chi connectivity index (χ1n) is 8.31. The first-order chi connectivity index (χ1) is 13.5. The van der Waals surface area contributed by atoms with Crippen molar-refractivity contribution >= 4 is 34.9 Å². The molecule has 6 nitrogen and oxygen atoms in total.